The molecule has 0 radical (unpaired) electrons. The number of nitrogen functional groups attached to an aromatic ring is 1. The highest BCUT2D eigenvalue weighted by molar-refractivity contribution is 7.90. The largest absolute Gasteiger partial charge is 0.573 e. The van der Waals surface area contributed by atoms with Gasteiger partial charge in [-0.2, -0.15) is 0 Å². The molecule has 3 aromatic carbocycles. The number of imidazole rings is 2. The molecule has 196 valence electrons. The van der Waals surface area contributed by atoms with Crippen molar-refractivity contribution in [3.63, 3.8) is 0 Å². The van der Waals surface area contributed by atoms with Gasteiger partial charge in [-0.15, -0.1) is 13.2 Å². The minimum absolute atomic E-state index is 0.103. The molecule has 2 aromatic heterocycles. The van der Waals surface area contributed by atoms with E-state index >= 15 is 0 Å². The van der Waals surface area contributed by atoms with Gasteiger partial charge in [0.05, 0.1) is 33.2 Å². The predicted octanol–water partition coefficient (Wildman–Crippen LogP) is 5.83. The first-order chi connectivity index (χ1) is 18.0. The van der Waals surface area contributed by atoms with E-state index in [2.05, 4.69) is 19.7 Å². The van der Waals surface area contributed by atoms with E-state index in [1.54, 1.807) is 38.1 Å². The number of para-hydroxylation sites is 1. The van der Waals surface area contributed by atoms with E-state index in [0.29, 0.717) is 22.5 Å². The highest BCUT2D eigenvalue weighted by Gasteiger charge is 2.33. The number of hydrogen-bond acceptors (Lipinski definition) is 6. The topological polar surface area (TPSA) is 116 Å². The van der Waals surface area contributed by atoms with Crippen LogP contribution in [-0.2, 0) is 10.0 Å². The first-order valence-electron chi connectivity index (χ1n) is 11.5. The number of alkyl halides is 3. The summed E-state index contributed by atoms with van der Waals surface area (Å²) >= 11 is 0. The molecule has 0 spiro atoms. The van der Waals surface area contributed by atoms with Crippen LogP contribution in [0.3, 0.4) is 0 Å². The molecule has 12 heteroatoms. The Labute approximate surface area is 216 Å². The third-order valence-electron chi connectivity index (χ3n) is 5.90. The van der Waals surface area contributed by atoms with Crippen LogP contribution in [0.5, 0.6) is 5.75 Å². The summed E-state index contributed by atoms with van der Waals surface area (Å²) in [6.45, 7) is 3.08. The van der Waals surface area contributed by atoms with Gasteiger partial charge in [0, 0.05) is 11.1 Å². The second kappa shape index (κ2) is 9.21. The van der Waals surface area contributed by atoms with Gasteiger partial charge in [0.1, 0.15) is 11.6 Å². The maximum Gasteiger partial charge on any atom is 0.573 e. The van der Waals surface area contributed by atoms with E-state index < -0.39 is 27.4 Å². The number of nitrogens with two attached hydrogens (primary N) is 1. The van der Waals surface area contributed by atoms with Gasteiger partial charge in [0.2, 0.25) is 16.0 Å². The fraction of sp³-hybridized carbons (Fsp3) is 0.154. The van der Waals surface area contributed by atoms with Crippen molar-refractivity contribution < 1.29 is 26.3 Å². The fourth-order valence-electron chi connectivity index (χ4n) is 4.10. The zero-order chi connectivity index (χ0) is 27.2. The van der Waals surface area contributed by atoms with Gasteiger partial charge in [-0.3, -0.25) is 0 Å². The van der Waals surface area contributed by atoms with Crippen molar-refractivity contribution in [2.24, 2.45) is 0 Å². The minimum Gasteiger partial charge on any atom is -0.405 e. The number of nitrogens with one attached hydrogen (secondary N) is 1. The molecule has 3 N–H and O–H groups in total. The predicted molar refractivity (Wildman–Crippen MR) is 139 cm³/mol. The molecule has 5 rings (SSSR count). The van der Waals surface area contributed by atoms with Crippen LogP contribution >= 0.6 is 0 Å². The van der Waals surface area contributed by atoms with Gasteiger partial charge < -0.3 is 15.5 Å². The molecule has 0 aliphatic rings. The molecular weight excluding hydrogens is 519 g/mol. The van der Waals surface area contributed by atoms with E-state index in [1.807, 2.05) is 30.3 Å². The molecule has 0 unspecified atom stereocenters. The average molecular weight is 542 g/mol. The zero-order valence-electron chi connectivity index (χ0n) is 20.2. The molecule has 0 saturated heterocycles. The van der Waals surface area contributed by atoms with Crippen molar-refractivity contribution in [2.45, 2.75) is 25.5 Å². The first-order valence-corrected chi connectivity index (χ1v) is 13.0. The molecule has 38 heavy (non-hydrogen) atoms. The number of benzene rings is 3. The smallest absolute Gasteiger partial charge is 0.405 e. The molecular formula is C26H22F3N5O3S. The second-order valence-electron chi connectivity index (χ2n) is 8.75. The number of aromatic amines is 1. The number of halogens is 3. The van der Waals surface area contributed by atoms with Gasteiger partial charge in [0.15, 0.2) is 0 Å². The number of fused-ring (bicyclic) bond motifs is 1. The Bertz CT molecular complexity index is 1740. The summed E-state index contributed by atoms with van der Waals surface area (Å²) < 4.78 is 70.5. The van der Waals surface area contributed by atoms with Gasteiger partial charge in [-0.25, -0.2) is 22.4 Å². The summed E-state index contributed by atoms with van der Waals surface area (Å²) in [7, 11) is -3.83. The van der Waals surface area contributed by atoms with Crippen molar-refractivity contribution in [1.29, 1.82) is 0 Å². The molecule has 0 bridgehead atoms. The molecule has 0 fully saturated rings. The number of nitrogens with zero attached hydrogens (tertiary/aromatic N) is 3. The lowest BCUT2D eigenvalue weighted by atomic mass is 10.0. The number of H-pyrrole nitrogens is 1. The fourth-order valence-corrected chi connectivity index (χ4v) is 5.24. The molecule has 0 atom stereocenters. The number of ether oxygens (including phenoxy) is 1. The van der Waals surface area contributed by atoms with Crippen molar-refractivity contribution in [3.8, 4) is 39.7 Å². The van der Waals surface area contributed by atoms with Crippen molar-refractivity contribution in [1.82, 2.24) is 18.9 Å². The second-order valence-corrected chi connectivity index (χ2v) is 11.1. The Hall–Kier alpha value is -4.32. The van der Waals surface area contributed by atoms with Gasteiger partial charge in [0.25, 0.3) is 0 Å². The summed E-state index contributed by atoms with van der Waals surface area (Å²) in [6.07, 6.45) is -4.89. The molecule has 0 amide bonds. The van der Waals surface area contributed by atoms with Crippen LogP contribution in [0, 0.1) is 0 Å². The average Bonchev–Trinajstić information content (AvgIpc) is 3.44. The van der Waals surface area contributed by atoms with E-state index in [9.17, 15) is 21.6 Å². The van der Waals surface area contributed by atoms with Crippen LogP contribution < -0.4 is 10.5 Å². The lowest BCUT2D eigenvalue weighted by Gasteiger charge is -2.11. The molecule has 0 aliphatic heterocycles. The van der Waals surface area contributed by atoms with Crippen LogP contribution in [0.4, 0.5) is 19.1 Å². The van der Waals surface area contributed by atoms with Crippen LogP contribution in [0.25, 0.3) is 44.9 Å². The van der Waals surface area contributed by atoms with E-state index in [-0.39, 0.29) is 22.9 Å². The van der Waals surface area contributed by atoms with Gasteiger partial charge in [-0.1, -0.05) is 48.5 Å². The standard InChI is InChI=1S/C26H22F3N5O3S/c1-15(2)38(35,36)34-20-14-17(12-13-19(20)31-25(34)30)23-22(16-8-4-3-5-9-16)32-24(33-23)18-10-6-7-11-21(18)37-26(27,28)29/h3-15H,1-2H3,(H2,30,31)(H,32,33). The molecule has 8 nitrogen and oxygen atoms in total. The van der Waals surface area contributed by atoms with Gasteiger partial charge in [-0.05, 0) is 38.1 Å². The zero-order valence-corrected chi connectivity index (χ0v) is 21.0. The highest BCUT2D eigenvalue weighted by Crippen LogP contribution is 2.38. The number of rotatable bonds is 6. The lowest BCUT2D eigenvalue weighted by molar-refractivity contribution is -0.274. The summed E-state index contributed by atoms with van der Waals surface area (Å²) in [5.74, 6) is -0.444. The van der Waals surface area contributed by atoms with Crippen LogP contribution in [-0.4, -0.2) is 39.0 Å². The summed E-state index contributed by atoms with van der Waals surface area (Å²) in [6, 6.07) is 19.7. The Morgan fingerprint density at radius 2 is 1.63 bits per heavy atom. The lowest BCUT2D eigenvalue weighted by Crippen LogP contribution is -2.23. The Kier molecular flexibility index (Phi) is 6.14. The molecule has 2 heterocycles. The first kappa shape index (κ1) is 25.3. The maximum atomic E-state index is 13.1. The summed E-state index contributed by atoms with van der Waals surface area (Å²) in [4.78, 5) is 12.0. The third kappa shape index (κ3) is 4.58. The molecule has 0 aliphatic carbocycles. The van der Waals surface area contributed by atoms with E-state index in [0.717, 1.165) is 9.54 Å². The highest BCUT2D eigenvalue weighted by atomic mass is 32.2. The molecule has 0 saturated carbocycles. The monoisotopic (exact) mass is 541 g/mol. The number of hydrogen-bond donors (Lipinski definition) is 2. The third-order valence-corrected chi connectivity index (χ3v) is 7.98. The van der Waals surface area contributed by atoms with E-state index in [4.69, 9.17) is 5.73 Å². The van der Waals surface area contributed by atoms with Crippen molar-refractivity contribution in [2.75, 3.05) is 5.73 Å². The Balaban J connectivity index is 1.74. The SMILES string of the molecule is CC(C)S(=O)(=O)n1c(N)nc2ccc(-c3nc(-c4ccccc4OC(F)(F)F)[nH]c3-c3ccccc3)cc21. The number of aromatic nitrogens is 4. The summed E-state index contributed by atoms with van der Waals surface area (Å²) in [5.41, 5.74) is 8.86. The van der Waals surface area contributed by atoms with Crippen LogP contribution in [0.2, 0.25) is 0 Å². The Morgan fingerprint density at radius 1 is 0.947 bits per heavy atom. The summed E-state index contributed by atoms with van der Waals surface area (Å²) in [5, 5.41) is -0.757. The Morgan fingerprint density at radius 3 is 2.32 bits per heavy atom. The maximum absolute atomic E-state index is 13.1. The van der Waals surface area contributed by atoms with Crippen LogP contribution in [0.1, 0.15) is 13.8 Å². The van der Waals surface area contributed by atoms with Crippen molar-refractivity contribution >= 4 is 27.0 Å². The van der Waals surface area contributed by atoms with E-state index in [1.165, 1.54) is 18.2 Å². The van der Waals surface area contributed by atoms with Gasteiger partial charge >= 0.3 is 6.36 Å². The van der Waals surface area contributed by atoms with Crippen LogP contribution in [0.15, 0.2) is 72.8 Å². The van der Waals surface area contributed by atoms with Crippen molar-refractivity contribution in [3.05, 3.63) is 72.8 Å². The quantitative estimate of drug-likeness (QED) is 0.280. The number of anilines is 1. The normalized spacial score (nSPS) is 12.4. The molecule has 5 aromatic rings. The minimum atomic E-state index is -4.89.